The summed E-state index contributed by atoms with van der Waals surface area (Å²) in [6, 6.07) is 16.6. The van der Waals surface area contributed by atoms with Crippen molar-refractivity contribution in [2.24, 2.45) is 0 Å². The quantitative estimate of drug-likeness (QED) is 0.505. The highest BCUT2D eigenvalue weighted by Crippen LogP contribution is 2.25. The molecule has 4 aromatic rings. The smallest absolute Gasteiger partial charge is 0.422 e. The molecule has 7 heteroatoms. The molecule has 0 aliphatic heterocycles. The summed E-state index contributed by atoms with van der Waals surface area (Å²) in [6.07, 6.45) is 0. The summed E-state index contributed by atoms with van der Waals surface area (Å²) >= 11 is 12.2. The lowest BCUT2D eigenvalue weighted by atomic mass is 10.1. The van der Waals surface area contributed by atoms with Gasteiger partial charge in [0.05, 0.1) is 22.5 Å². The summed E-state index contributed by atoms with van der Waals surface area (Å²) in [6.45, 7) is 0.354. The zero-order valence-corrected chi connectivity index (χ0v) is 15.5. The van der Waals surface area contributed by atoms with Gasteiger partial charge in [0, 0.05) is 5.02 Å². The Labute approximate surface area is 163 Å². The molecule has 1 aromatic heterocycles. The van der Waals surface area contributed by atoms with Crippen LogP contribution < -0.4 is 16.1 Å². The molecule has 0 saturated heterocycles. The number of nitrogens with zero attached hydrogens (tertiary/aromatic N) is 1. The summed E-state index contributed by atoms with van der Waals surface area (Å²) in [5.41, 5.74) is -0.490. The Morgan fingerprint density at radius 3 is 2.56 bits per heavy atom. The molecule has 0 amide bonds. The van der Waals surface area contributed by atoms with Gasteiger partial charge in [-0.25, -0.2) is 9.59 Å². The summed E-state index contributed by atoms with van der Waals surface area (Å²) in [5, 5.41) is 2.81. The normalized spacial score (nSPS) is 11.2. The van der Waals surface area contributed by atoms with Crippen LogP contribution in [0.1, 0.15) is 0 Å². The molecule has 0 saturated carbocycles. The van der Waals surface area contributed by atoms with Crippen LogP contribution >= 0.6 is 23.2 Å². The Kier molecular flexibility index (Phi) is 4.64. The summed E-state index contributed by atoms with van der Waals surface area (Å²) < 4.78 is 11.8. The molecule has 0 fully saturated rings. The molecule has 3 aromatic carbocycles. The van der Waals surface area contributed by atoms with Gasteiger partial charge in [0.2, 0.25) is 0 Å². The molecule has 5 nitrogen and oxygen atoms in total. The van der Waals surface area contributed by atoms with E-state index in [0.29, 0.717) is 5.75 Å². The number of fused-ring (bicyclic) bond motifs is 2. The van der Waals surface area contributed by atoms with Crippen molar-refractivity contribution in [1.29, 1.82) is 0 Å². The number of ether oxygens (including phenoxy) is 1. The van der Waals surface area contributed by atoms with E-state index in [0.717, 1.165) is 10.8 Å². The number of aromatic nitrogens is 1. The van der Waals surface area contributed by atoms with Crippen molar-refractivity contribution < 1.29 is 9.15 Å². The Balaban J connectivity index is 1.63. The summed E-state index contributed by atoms with van der Waals surface area (Å²) in [4.78, 5) is 24.1. The van der Waals surface area contributed by atoms with E-state index in [1.807, 2.05) is 42.5 Å². The van der Waals surface area contributed by atoms with Gasteiger partial charge in [-0.05, 0) is 35.0 Å². The molecule has 0 unspecified atom stereocenters. The van der Waals surface area contributed by atoms with Crippen molar-refractivity contribution in [3.8, 4) is 5.75 Å². The first-order valence-electron chi connectivity index (χ1n) is 8.17. The van der Waals surface area contributed by atoms with E-state index in [2.05, 4.69) is 0 Å². The fraction of sp³-hybridized carbons (Fsp3) is 0.100. The summed E-state index contributed by atoms with van der Waals surface area (Å²) in [5.74, 6) is -0.114. The molecule has 136 valence electrons. The summed E-state index contributed by atoms with van der Waals surface area (Å²) in [7, 11) is 0. The fourth-order valence-electron chi connectivity index (χ4n) is 2.99. The molecule has 0 aliphatic carbocycles. The number of halogens is 2. The van der Waals surface area contributed by atoms with E-state index in [1.165, 1.54) is 16.7 Å². The van der Waals surface area contributed by atoms with E-state index < -0.39 is 11.4 Å². The third-order valence-corrected chi connectivity index (χ3v) is 4.73. The van der Waals surface area contributed by atoms with Crippen molar-refractivity contribution >= 4 is 44.9 Å². The third-order valence-electron chi connectivity index (χ3n) is 4.22. The largest absolute Gasteiger partial charge is 0.492 e. The van der Waals surface area contributed by atoms with Crippen LogP contribution in [0.15, 0.2) is 68.6 Å². The number of hydrogen-bond donors (Lipinski definition) is 0. The van der Waals surface area contributed by atoms with Crippen molar-refractivity contribution in [3.05, 3.63) is 85.6 Å². The predicted molar refractivity (Wildman–Crippen MR) is 106 cm³/mol. The van der Waals surface area contributed by atoms with Crippen LogP contribution in [0.4, 0.5) is 0 Å². The highest BCUT2D eigenvalue weighted by atomic mass is 35.5. The van der Waals surface area contributed by atoms with Crippen LogP contribution in [0.3, 0.4) is 0 Å². The molecular formula is C20H13Cl2NO4. The Bertz CT molecular complexity index is 1280. The van der Waals surface area contributed by atoms with Gasteiger partial charge in [0.1, 0.15) is 12.4 Å². The molecular weight excluding hydrogens is 389 g/mol. The zero-order chi connectivity index (χ0) is 19.0. The lowest BCUT2D eigenvalue weighted by molar-refractivity contribution is 0.287. The third kappa shape index (κ3) is 3.44. The number of hydrogen-bond acceptors (Lipinski definition) is 4. The first-order chi connectivity index (χ1) is 13.0. The molecule has 4 rings (SSSR count). The zero-order valence-electron chi connectivity index (χ0n) is 13.9. The number of rotatable bonds is 4. The van der Waals surface area contributed by atoms with Crippen LogP contribution in [0, 0.1) is 0 Å². The minimum absolute atomic E-state index is 0.151. The number of benzene rings is 3. The molecule has 1 heterocycles. The SMILES string of the molecule is O=c1oc(=O)n(CCOc2ccc3ccccc3c2)c2c(Cl)cc(Cl)cc12. The van der Waals surface area contributed by atoms with Gasteiger partial charge in [-0.2, -0.15) is 0 Å². The lowest BCUT2D eigenvalue weighted by Gasteiger charge is -2.11. The first kappa shape index (κ1) is 17.6. The second-order valence-corrected chi connectivity index (χ2v) is 6.79. The van der Waals surface area contributed by atoms with E-state index in [9.17, 15) is 9.59 Å². The maximum Gasteiger partial charge on any atom is 0.422 e. The predicted octanol–water partition coefficient (Wildman–Crippen LogP) is 4.49. The van der Waals surface area contributed by atoms with Crippen LogP contribution in [0.5, 0.6) is 5.75 Å². The van der Waals surface area contributed by atoms with Crippen LogP contribution in [0.25, 0.3) is 21.7 Å². The average Bonchev–Trinajstić information content (AvgIpc) is 2.64. The van der Waals surface area contributed by atoms with Crippen molar-refractivity contribution in [2.75, 3.05) is 6.61 Å². The fourth-order valence-corrected chi connectivity index (χ4v) is 3.59. The lowest BCUT2D eigenvalue weighted by Crippen LogP contribution is -2.27. The van der Waals surface area contributed by atoms with Gasteiger partial charge in [0.15, 0.2) is 0 Å². The second-order valence-electron chi connectivity index (χ2n) is 5.95. The molecule has 0 spiro atoms. The maximum atomic E-state index is 12.2. The van der Waals surface area contributed by atoms with Gasteiger partial charge in [-0.1, -0.05) is 53.5 Å². The molecule has 0 atom stereocenters. The first-order valence-corrected chi connectivity index (χ1v) is 8.93. The maximum absolute atomic E-state index is 12.2. The van der Waals surface area contributed by atoms with Gasteiger partial charge in [-0.15, -0.1) is 0 Å². The highest BCUT2D eigenvalue weighted by Gasteiger charge is 2.14. The van der Waals surface area contributed by atoms with Crippen LogP contribution in [-0.2, 0) is 6.54 Å². The van der Waals surface area contributed by atoms with Gasteiger partial charge in [-0.3, -0.25) is 4.57 Å². The van der Waals surface area contributed by atoms with Crippen molar-refractivity contribution in [1.82, 2.24) is 4.57 Å². The average molecular weight is 402 g/mol. The standard InChI is InChI=1S/C20H13Cl2NO4/c21-14-10-16-18(17(22)11-14)23(20(25)27-19(16)24)7-8-26-15-6-5-12-3-1-2-4-13(12)9-15/h1-6,9-11H,7-8H2. The Hall–Kier alpha value is -2.76. The minimum atomic E-state index is -0.793. The van der Waals surface area contributed by atoms with Gasteiger partial charge < -0.3 is 9.15 Å². The van der Waals surface area contributed by atoms with Crippen LogP contribution in [-0.4, -0.2) is 11.2 Å². The van der Waals surface area contributed by atoms with Crippen LogP contribution in [0.2, 0.25) is 10.0 Å². The van der Waals surface area contributed by atoms with E-state index in [4.69, 9.17) is 32.4 Å². The van der Waals surface area contributed by atoms with Crippen molar-refractivity contribution in [3.63, 3.8) is 0 Å². The van der Waals surface area contributed by atoms with Gasteiger partial charge >= 0.3 is 11.4 Å². The monoisotopic (exact) mass is 401 g/mol. The Morgan fingerprint density at radius 2 is 1.74 bits per heavy atom. The second kappa shape index (κ2) is 7.10. The molecule has 0 N–H and O–H groups in total. The Morgan fingerprint density at radius 1 is 0.963 bits per heavy atom. The highest BCUT2D eigenvalue weighted by molar-refractivity contribution is 6.38. The van der Waals surface area contributed by atoms with E-state index in [-0.39, 0.29) is 34.1 Å². The molecule has 0 bridgehead atoms. The van der Waals surface area contributed by atoms with Gasteiger partial charge in [0.25, 0.3) is 0 Å². The molecule has 0 radical (unpaired) electrons. The molecule has 27 heavy (non-hydrogen) atoms. The van der Waals surface area contributed by atoms with E-state index in [1.54, 1.807) is 0 Å². The van der Waals surface area contributed by atoms with E-state index >= 15 is 0 Å². The van der Waals surface area contributed by atoms with Crippen molar-refractivity contribution in [2.45, 2.75) is 6.54 Å². The minimum Gasteiger partial charge on any atom is -0.492 e. The molecule has 0 aliphatic rings. The topological polar surface area (TPSA) is 61.4 Å².